The van der Waals surface area contributed by atoms with E-state index in [2.05, 4.69) is 46.3 Å². The summed E-state index contributed by atoms with van der Waals surface area (Å²) in [6.45, 7) is 1.57. The Morgan fingerprint density at radius 1 is 1.11 bits per heavy atom. The van der Waals surface area contributed by atoms with E-state index in [1.807, 2.05) is 12.1 Å². The first-order chi connectivity index (χ1) is 9.38. The van der Waals surface area contributed by atoms with Gasteiger partial charge < -0.3 is 10.6 Å². The van der Waals surface area contributed by atoms with Crippen molar-refractivity contribution in [1.29, 1.82) is 0 Å². The number of nitrogens with zero attached hydrogens (tertiary/aromatic N) is 2. The normalized spacial score (nSPS) is 18.8. The molecule has 2 N–H and O–H groups in total. The smallest absolute Gasteiger partial charge is 0.129 e. The number of benzene rings is 1. The number of hydrogen-bond acceptors (Lipinski definition) is 3. The molecular formula is C16H19N3. The van der Waals surface area contributed by atoms with Crippen molar-refractivity contribution in [3.05, 3.63) is 59.8 Å². The van der Waals surface area contributed by atoms with Crippen molar-refractivity contribution >= 4 is 5.82 Å². The number of aromatic nitrogens is 1. The molecule has 3 rings (SSSR count). The van der Waals surface area contributed by atoms with Gasteiger partial charge in [0.15, 0.2) is 0 Å². The molecule has 1 saturated heterocycles. The van der Waals surface area contributed by atoms with E-state index in [0.29, 0.717) is 12.6 Å². The molecule has 3 heteroatoms. The molecule has 1 atom stereocenters. The molecule has 2 heterocycles. The van der Waals surface area contributed by atoms with Crippen molar-refractivity contribution in [3.8, 4) is 0 Å². The molecule has 0 bridgehead atoms. The molecule has 0 spiro atoms. The lowest BCUT2D eigenvalue weighted by Gasteiger charge is -2.26. The van der Waals surface area contributed by atoms with E-state index in [0.717, 1.165) is 18.1 Å². The molecular weight excluding hydrogens is 234 g/mol. The summed E-state index contributed by atoms with van der Waals surface area (Å²) in [7, 11) is 0. The lowest BCUT2D eigenvalue weighted by molar-refractivity contribution is 0.709. The largest absolute Gasteiger partial charge is 0.350 e. The number of hydrogen-bond donors (Lipinski definition) is 1. The van der Waals surface area contributed by atoms with Crippen molar-refractivity contribution in [3.63, 3.8) is 0 Å². The molecule has 98 valence electrons. The first kappa shape index (κ1) is 12.2. The minimum absolute atomic E-state index is 0.446. The van der Waals surface area contributed by atoms with E-state index in [-0.39, 0.29) is 0 Å². The standard InChI is InChI=1S/C16H19N3/c17-12-14-8-4-10-16(18-14)19-11-5-9-15(19)13-6-2-1-3-7-13/h1-4,6-8,10,15H,5,9,11-12,17H2. The van der Waals surface area contributed by atoms with Crippen molar-refractivity contribution in [2.45, 2.75) is 25.4 Å². The zero-order chi connectivity index (χ0) is 13.1. The van der Waals surface area contributed by atoms with Crippen molar-refractivity contribution in [2.24, 2.45) is 5.73 Å². The predicted molar refractivity (Wildman–Crippen MR) is 77.9 cm³/mol. The van der Waals surface area contributed by atoms with Crippen LogP contribution in [-0.2, 0) is 6.54 Å². The maximum atomic E-state index is 5.68. The third-order valence-electron chi connectivity index (χ3n) is 3.73. The fraction of sp³-hybridized carbons (Fsp3) is 0.312. The first-order valence-electron chi connectivity index (χ1n) is 6.86. The molecule has 0 aliphatic carbocycles. The van der Waals surface area contributed by atoms with Crippen LogP contribution in [0.5, 0.6) is 0 Å². The highest BCUT2D eigenvalue weighted by atomic mass is 15.2. The van der Waals surface area contributed by atoms with Crippen molar-refractivity contribution in [1.82, 2.24) is 4.98 Å². The second kappa shape index (κ2) is 5.41. The number of nitrogens with two attached hydrogens (primary N) is 1. The molecule has 1 aromatic carbocycles. The number of pyridine rings is 1. The van der Waals surface area contributed by atoms with Gasteiger partial charge >= 0.3 is 0 Å². The van der Waals surface area contributed by atoms with Crippen molar-refractivity contribution < 1.29 is 0 Å². The summed E-state index contributed by atoms with van der Waals surface area (Å²) in [6, 6.07) is 17.2. The lowest BCUT2D eigenvalue weighted by Crippen LogP contribution is -2.23. The average molecular weight is 253 g/mol. The van der Waals surface area contributed by atoms with E-state index in [9.17, 15) is 0 Å². The summed E-state index contributed by atoms with van der Waals surface area (Å²) >= 11 is 0. The fourth-order valence-corrected chi connectivity index (χ4v) is 2.80. The van der Waals surface area contributed by atoms with Crippen LogP contribution in [0.25, 0.3) is 0 Å². The molecule has 1 unspecified atom stereocenters. The third kappa shape index (κ3) is 2.47. The van der Waals surface area contributed by atoms with E-state index in [1.165, 1.54) is 18.4 Å². The molecule has 1 aromatic heterocycles. The quantitative estimate of drug-likeness (QED) is 0.914. The summed E-state index contributed by atoms with van der Waals surface area (Å²) < 4.78 is 0. The minimum atomic E-state index is 0.446. The van der Waals surface area contributed by atoms with Gasteiger partial charge in [-0.05, 0) is 30.5 Å². The molecule has 1 aliphatic rings. The Morgan fingerprint density at radius 2 is 1.95 bits per heavy atom. The van der Waals surface area contributed by atoms with E-state index < -0.39 is 0 Å². The maximum Gasteiger partial charge on any atom is 0.129 e. The van der Waals surface area contributed by atoms with Gasteiger partial charge in [-0.25, -0.2) is 4.98 Å². The zero-order valence-electron chi connectivity index (χ0n) is 11.0. The highest BCUT2D eigenvalue weighted by Crippen LogP contribution is 2.34. The van der Waals surface area contributed by atoms with Gasteiger partial charge in [0.2, 0.25) is 0 Å². The molecule has 1 fully saturated rings. The van der Waals surface area contributed by atoms with Gasteiger partial charge in [0.25, 0.3) is 0 Å². The van der Waals surface area contributed by atoms with Gasteiger partial charge in [0, 0.05) is 13.1 Å². The Balaban J connectivity index is 1.90. The van der Waals surface area contributed by atoms with E-state index >= 15 is 0 Å². The molecule has 2 aromatic rings. The van der Waals surface area contributed by atoms with Crippen LogP contribution in [0.3, 0.4) is 0 Å². The van der Waals surface area contributed by atoms with Crippen LogP contribution >= 0.6 is 0 Å². The maximum absolute atomic E-state index is 5.68. The zero-order valence-corrected chi connectivity index (χ0v) is 11.0. The summed E-state index contributed by atoms with van der Waals surface area (Å²) in [6.07, 6.45) is 2.41. The number of anilines is 1. The molecule has 3 nitrogen and oxygen atoms in total. The van der Waals surface area contributed by atoms with Crippen LogP contribution in [0.4, 0.5) is 5.82 Å². The monoisotopic (exact) mass is 253 g/mol. The van der Waals surface area contributed by atoms with Crippen LogP contribution in [0.15, 0.2) is 48.5 Å². The van der Waals surface area contributed by atoms with Gasteiger partial charge in [0.05, 0.1) is 11.7 Å². The van der Waals surface area contributed by atoms with Gasteiger partial charge in [0.1, 0.15) is 5.82 Å². The Bertz CT molecular complexity index is 539. The topological polar surface area (TPSA) is 42.1 Å². The lowest BCUT2D eigenvalue weighted by atomic mass is 10.0. The second-order valence-electron chi connectivity index (χ2n) is 4.95. The third-order valence-corrected chi connectivity index (χ3v) is 3.73. The van der Waals surface area contributed by atoms with Gasteiger partial charge in [-0.15, -0.1) is 0 Å². The summed E-state index contributed by atoms with van der Waals surface area (Å²) in [5.41, 5.74) is 8.01. The first-order valence-corrected chi connectivity index (χ1v) is 6.86. The van der Waals surface area contributed by atoms with E-state index in [4.69, 9.17) is 5.73 Å². The van der Waals surface area contributed by atoms with Crippen LogP contribution < -0.4 is 10.6 Å². The van der Waals surface area contributed by atoms with E-state index in [1.54, 1.807) is 0 Å². The summed E-state index contributed by atoms with van der Waals surface area (Å²) in [5.74, 6) is 1.05. The molecule has 19 heavy (non-hydrogen) atoms. The average Bonchev–Trinajstić information content (AvgIpc) is 2.98. The highest BCUT2D eigenvalue weighted by Gasteiger charge is 2.26. The SMILES string of the molecule is NCc1cccc(N2CCCC2c2ccccc2)n1. The Kier molecular flexibility index (Phi) is 3.47. The minimum Gasteiger partial charge on any atom is -0.350 e. The fourth-order valence-electron chi connectivity index (χ4n) is 2.80. The Hall–Kier alpha value is -1.87. The van der Waals surface area contributed by atoms with Crippen LogP contribution in [0.2, 0.25) is 0 Å². The van der Waals surface area contributed by atoms with Gasteiger partial charge in [-0.2, -0.15) is 0 Å². The van der Waals surface area contributed by atoms with Crippen LogP contribution in [0, 0.1) is 0 Å². The highest BCUT2D eigenvalue weighted by molar-refractivity contribution is 5.44. The molecule has 1 aliphatic heterocycles. The Labute approximate surface area is 114 Å². The van der Waals surface area contributed by atoms with Crippen LogP contribution in [0.1, 0.15) is 30.1 Å². The molecule has 0 radical (unpaired) electrons. The van der Waals surface area contributed by atoms with Gasteiger partial charge in [-0.1, -0.05) is 36.4 Å². The summed E-state index contributed by atoms with van der Waals surface area (Å²) in [4.78, 5) is 7.05. The predicted octanol–water partition coefficient (Wildman–Crippen LogP) is 2.88. The summed E-state index contributed by atoms with van der Waals surface area (Å²) in [5, 5.41) is 0. The second-order valence-corrected chi connectivity index (χ2v) is 4.95. The molecule has 0 saturated carbocycles. The van der Waals surface area contributed by atoms with Crippen LogP contribution in [-0.4, -0.2) is 11.5 Å². The van der Waals surface area contributed by atoms with Gasteiger partial charge in [-0.3, -0.25) is 0 Å². The Morgan fingerprint density at radius 3 is 2.74 bits per heavy atom. The number of rotatable bonds is 3. The molecule has 0 amide bonds. The van der Waals surface area contributed by atoms with Crippen molar-refractivity contribution in [2.75, 3.05) is 11.4 Å².